The predicted octanol–water partition coefficient (Wildman–Crippen LogP) is 3.91. The van der Waals surface area contributed by atoms with Crippen LogP contribution < -0.4 is 14.8 Å². The standard InChI is InChI=1S/C20H33N3O2.HI/c1-15-9-11-23(12-10-15)19(21-4)22-14-20(2,3)16-7-8-17(24-5)18(13-16)25-6;/h7-8,13,15H,9-12,14H2,1-6H3,(H,21,22);1H. The highest BCUT2D eigenvalue weighted by atomic mass is 127. The van der Waals surface area contributed by atoms with Gasteiger partial charge in [0.25, 0.3) is 0 Å². The molecule has 26 heavy (non-hydrogen) atoms. The lowest BCUT2D eigenvalue weighted by Crippen LogP contribution is -2.48. The Bertz CT molecular complexity index is 597. The zero-order valence-electron chi connectivity index (χ0n) is 17.0. The molecule has 1 aromatic rings. The molecule has 1 aromatic carbocycles. The van der Waals surface area contributed by atoms with Crippen molar-refractivity contribution in [2.75, 3.05) is 40.9 Å². The highest BCUT2D eigenvalue weighted by Crippen LogP contribution is 2.33. The summed E-state index contributed by atoms with van der Waals surface area (Å²) >= 11 is 0. The molecule has 0 unspecified atom stereocenters. The number of likely N-dealkylation sites (tertiary alicyclic amines) is 1. The lowest BCUT2D eigenvalue weighted by atomic mass is 9.84. The average molecular weight is 475 g/mol. The first-order chi connectivity index (χ1) is 11.9. The number of guanidine groups is 1. The van der Waals surface area contributed by atoms with E-state index >= 15 is 0 Å². The summed E-state index contributed by atoms with van der Waals surface area (Å²) in [6.07, 6.45) is 2.47. The Morgan fingerprint density at radius 1 is 1.19 bits per heavy atom. The van der Waals surface area contributed by atoms with Gasteiger partial charge in [0, 0.05) is 32.1 Å². The Kier molecular flexibility index (Phi) is 9.00. The Balaban J connectivity index is 0.00000338. The van der Waals surface area contributed by atoms with Crippen molar-refractivity contribution in [1.82, 2.24) is 10.2 Å². The van der Waals surface area contributed by atoms with Gasteiger partial charge in [-0.3, -0.25) is 4.99 Å². The van der Waals surface area contributed by atoms with Crippen LogP contribution in [-0.4, -0.2) is 51.8 Å². The number of aliphatic imine (C=N–C) groups is 1. The van der Waals surface area contributed by atoms with Gasteiger partial charge in [-0.25, -0.2) is 0 Å². The molecule has 0 aliphatic carbocycles. The number of halogens is 1. The van der Waals surface area contributed by atoms with E-state index in [-0.39, 0.29) is 29.4 Å². The van der Waals surface area contributed by atoms with Crippen LogP contribution in [0, 0.1) is 5.92 Å². The Hall–Kier alpha value is -1.18. The highest BCUT2D eigenvalue weighted by molar-refractivity contribution is 14.0. The Labute approximate surface area is 175 Å². The minimum atomic E-state index is -0.0570. The number of methoxy groups -OCH3 is 2. The third kappa shape index (κ3) is 5.66. The molecule has 1 aliphatic rings. The second kappa shape index (κ2) is 10.2. The summed E-state index contributed by atoms with van der Waals surface area (Å²) in [4.78, 5) is 6.85. The van der Waals surface area contributed by atoms with Gasteiger partial charge in [-0.05, 0) is 36.5 Å². The number of nitrogens with one attached hydrogen (secondary N) is 1. The number of hydrogen-bond donors (Lipinski definition) is 1. The molecule has 0 radical (unpaired) electrons. The minimum Gasteiger partial charge on any atom is -0.493 e. The molecule has 6 heteroatoms. The molecule has 5 nitrogen and oxygen atoms in total. The molecule has 0 bridgehead atoms. The second-order valence-electron chi connectivity index (χ2n) is 7.52. The van der Waals surface area contributed by atoms with Crippen LogP contribution >= 0.6 is 24.0 Å². The maximum absolute atomic E-state index is 5.45. The van der Waals surface area contributed by atoms with Crippen molar-refractivity contribution in [3.63, 3.8) is 0 Å². The molecule has 1 heterocycles. The van der Waals surface area contributed by atoms with Gasteiger partial charge in [-0.1, -0.05) is 26.8 Å². The minimum absolute atomic E-state index is 0. The lowest BCUT2D eigenvalue weighted by molar-refractivity contribution is 0.272. The zero-order chi connectivity index (χ0) is 18.4. The van der Waals surface area contributed by atoms with Gasteiger partial charge < -0.3 is 19.7 Å². The van der Waals surface area contributed by atoms with Crippen LogP contribution in [0.15, 0.2) is 23.2 Å². The quantitative estimate of drug-likeness (QED) is 0.399. The van der Waals surface area contributed by atoms with Crippen LogP contribution in [0.4, 0.5) is 0 Å². The van der Waals surface area contributed by atoms with Gasteiger partial charge >= 0.3 is 0 Å². The van der Waals surface area contributed by atoms with Crippen LogP contribution in [0.2, 0.25) is 0 Å². The van der Waals surface area contributed by atoms with Crippen molar-refractivity contribution in [2.45, 2.75) is 39.0 Å². The Morgan fingerprint density at radius 3 is 2.35 bits per heavy atom. The summed E-state index contributed by atoms with van der Waals surface area (Å²) in [6.45, 7) is 9.75. The van der Waals surface area contributed by atoms with Crippen molar-refractivity contribution >= 4 is 29.9 Å². The maximum Gasteiger partial charge on any atom is 0.193 e. The van der Waals surface area contributed by atoms with Crippen molar-refractivity contribution in [3.05, 3.63) is 23.8 Å². The highest BCUT2D eigenvalue weighted by Gasteiger charge is 2.25. The number of piperidine rings is 1. The second-order valence-corrected chi connectivity index (χ2v) is 7.52. The molecule has 148 valence electrons. The fourth-order valence-corrected chi connectivity index (χ4v) is 3.21. The summed E-state index contributed by atoms with van der Waals surface area (Å²) in [5, 5.41) is 3.56. The SMILES string of the molecule is CN=C(NCC(C)(C)c1ccc(OC)c(OC)c1)N1CCC(C)CC1.I. The molecule has 1 saturated heterocycles. The molecule has 0 saturated carbocycles. The first-order valence-corrected chi connectivity index (χ1v) is 9.09. The maximum atomic E-state index is 5.45. The van der Waals surface area contributed by atoms with E-state index in [1.54, 1.807) is 14.2 Å². The van der Waals surface area contributed by atoms with E-state index in [1.807, 2.05) is 13.1 Å². The molecular weight excluding hydrogens is 441 g/mol. The molecule has 1 fully saturated rings. The topological polar surface area (TPSA) is 46.1 Å². The molecule has 2 rings (SSSR count). The van der Waals surface area contributed by atoms with E-state index in [4.69, 9.17) is 9.47 Å². The van der Waals surface area contributed by atoms with Gasteiger partial charge in [-0.2, -0.15) is 0 Å². The molecular formula is C20H34IN3O2. The van der Waals surface area contributed by atoms with Crippen LogP contribution in [0.5, 0.6) is 11.5 Å². The molecule has 0 amide bonds. The monoisotopic (exact) mass is 475 g/mol. The molecule has 1 aliphatic heterocycles. The normalized spacial score (nSPS) is 16.1. The molecule has 1 N–H and O–H groups in total. The van der Waals surface area contributed by atoms with Crippen LogP contribution in [0.3, 0.4) is 0 Å². The Morgan fingerprint density at radius 2 is 1.81 bits per heavy atom. The van der Waals surface area contributed by atoms with E-state index in [0.29, 0.717) is 0 Å². The lowest BCUT2D eigenvalue weighted by Gasteiger charge is -2.35. The summed E-state index contributed by atoms with van der Waals surface area (Å²) in [7, 11) is 5.20. The van der Waals surface area contributed by atoms with E-state index in [2.05, 4.69) is 48.1 Å². The van der Waals surface area contributed by atoms with Crippen LogP contribution in [0.1, 0.15) is 39.2 Å². The number of hydrogen-bond acceptors (Lipinski definition) is 3. The summed E-state index contributed by atoms with van der Waals surface area (Å²) in [6, 6.07) is 6.14. The fraction of sp³-hybridized carbons (Fsp3) is 0.650. The van der Waals surface area contributed by atoms with Gasteiger partial charge in [-0.15, -0.1) is 24.0 Å². The zero-order valence-corrected chi connectivity index (χ0v) is 19.3. The average Bonchev–Trinajstić information content (AvgIpc) is 2.62. The van der Waals surface area contributed by atoms with E-state index < -0.39 is 0 Å². The summed E-state index contributed by atoms with van der Waals surface area (Å²) in [5.74, 6) is 3.34. The molecule has 0 spiro atoms. The number of ether oxygens (including phenoxy) is 2. The van der Waals surface area contributed by atoms with Crippen LogP contribution in [0.25, 0.3) is 0 Å². The first-order valence-electron chi connectivity index (χ1n) is 9.09. The third-order valence-corrected chi connectivity index (χ3v) is 5.15. The smallest absolute Gasteiger partial charge is 0.193 e. The van der Waals surface area contributed by atoms with Crippen LogP contribution in [-0.2, 0) is 5.41 Å². The van der Waals surface area contributed by atoms with E-state index in [9.17, 15) is 0 Å². The van der Waals surface area contributed by atoms with E-state index in [1.165, 1.54) is 18.4 Å². The van der Waals surface area contributed by atoms with Gasteiger partial charge in [0.15, 0.2) is 17.5 Å². The number of nitrogens with zero attached hydrogens (tertiary/aromatic N) is 2. The van der Waals surface area contributed by atoms with Crippen molar-refractivity contribution in [1.29, 1.82) is 0 Å². The molecule has 0 aromatic heterocycles. The van der Waals surface area contributed by atoms with Gasteiger partial charge in [0.2, 0.25) is 0 Å². The fourth-order valence-electron chi connectivity index (χ4n) is 3.21. The third-order valence-electron chi connectivity index (χ3n) is 5.15. The summed E-state index contributed by atoms with van der Waals surface area (Å²) in [5.41, 5.74) is 1.15. The van der Waals surface area contributed by atoms with Gasteiger partial charge in [0.1, 0.15) is 0 Å². The number of benzene rings is 1. The predicted molar refractivity (Wildman–Crippen MR) is 119 cm³/mol. The van der Waals surface area contributed by atoms with Crippen molar-refractivity contribution in [3.8, 4) is 11.5 Å². The van der Waals surface area contributed by atoms with Crippen molar-refractivity contribution in [2.24, 2.45) is 10.9 Å². The van der Waals surface area contributed by atoms with Gasteiger partial charge in [0.05, 0.1) is 14.2 Å². The van der Waals surface area contributed by atoms with E-state index in [0.717, 1.165) is 43.0 Å². The largest absolute Gasteiger partial charge is 0.493 e. The number of rotatable bonds is 5. The first kappa shape index (κ1) is 22.9. The van der Waals surface area contributed by atoms with Crippen molar-refractivity contribution < 1.29 is 9.47 Å². The summed E-state index contributed by atoms with van der Waals surface area (Å²) < 4.78 is 10.8. The molecule has 0 atom stereocenters.